The van der Waals surface area contributed by atoms with Crippen molar-refractivity contribution in [2.45, 2.75) is 49.5 Å². The highest BCUT2D eigenvalue weighted by Gasteiger charge is 2.24. The van der Waals surface area contributed by atoms with Crippen molar-refractivity contribution in [1.82, 2.24) is 24.8 Å². The number of amides is 1. The van der Waals surface area contributed by atoms with E-state index in [0.29, 0.717) is 41.6 Å². The van der Waals surface area contributed by atoms with Gasteiger partial charge in [-0.1, -0.05) is 17.8 Å². The number of aromatic nitrogens is 4. The molecule has 1 unspecified atom stereocenters. The van der Waals surface area contributed by atoms with Crippen LogP contribution in [-0.2, 0) is 17.8 Å². The molecule has 0 radical (unpaired) electrons. The number of nitrogens with zero attached hydrogens (tertiary/aromatic N) is 4. The molecule has 0 spiro atoms. The molecular formula is C19H21FN6OS. The van der Waals surface area contributed by atoms with Crippen LogP contribution in [0.1, 0.15) is 36.2 Å². The minimum absolute atomic E-state index is 0.101. The molecule has 0 saturated heterocycles. The van der Waals surface area contributed by atoms with Crippen LogP contribution in [0.2, 0.25) is 0 Å². The zero-order valence-electron chi connectivity index (χ0n) is 15.7. The van der Waals surface area contributed by atoms with Crippen LogP contribution in [0.25, 0.3) is 11.2 Å². The molecule has 2 aromatic heterocycles. The number of nitrogens with two attached hydrogens (primary N) is 1. The van der Waals surface area contributed by atoms with Gasteiger partial charge in [0.15, 0.2) is 22.1 Å². The summed E-state index contributed by atoms with van der Waals surface area (Å²) in [6.45, 7) is 4.42. The fourth-order valence-corrected chi connectivity index (χ4v) is 4.50. The Morgan fingerprint density at radius 2 is 2.25 bits per heavy atom. The first-order chi connectivity index (χ1) is 13.4. The maximum atomic E-state index is 14.2. The molecule has 2 heterocycles. The number of aryl methyl sites for hydroxylation is 2. The van der Waals surface area contributed by atoms with Crippen molar-refractivity contribution in [3.05, 3.63) is 35.2 Å². The minimum atomic E-state index is -0.907. The van der Waals surface area contributed by atoms with Crippen molar-refractivity contribution in [1.29, 1.82) is 0 Å². The summed E-state index contributed by atoms with van der Waals surface area (Å²) in [4.78, 5) is 25.1. The lowest BCUT2D eigenvalue weighted by atomic mass is 10.1. The standard InChI is InChI=1S/C19H21FN6OS/c1-10-7-12-3-4-14(20)13(12)8-15(10)28-19-25-16-17(21)23-9-24-18(16)26(19)6-5-22-11(2)27/h7-9,14H,3-6H2,1-2H3,(H,22,27)(H2,21,23,24). The van der Waals surface area contributed by atoms with Crippen molar-refractivity contribution in [3.8, 4) is 0 Å². The molecule has 1 aromatic carbocycles. The molecule has 146 valence electrons. The second-order valence-electron chi connectivity index (χ2n) is 6.88. The lowest BCUT2D eigenvalue weighted by Gasteiger charge is -2.12. The van der Waals surface area contributed by atoms with E-state index < -0.39 is 6.17 Å². The summed E-state index contributed by atoms with van der Waals surface area (Å²) in [5.41, 5.74) is 10.1. The third kappa shape index (κ3) is 3.42. The van der Waals surface area contributed by atoms with Crippen LogP contribution in [0.15, 0.2) is 28.5 Å². The summed E-state index contributed by atoms with van der Waals surface area (Å²) < 4.78 is 16.1. The van der Waals surface area contributed by atoms with Gasteiger partial charge in [0.05, 0.1) is 0 Å². The molecule has 3 N–H and O–H groups in total. The minimum Gasteiger partial charge on any atom is -0.382 e. The molecule has 1 atom stereocenters. The van der Waals surface area contributed by atoms with Crippen molar-refractivity contribution in [2.75, 3.05) is 12.3 Å². The number of alkyl halides is 1. The van der Waals surface area contributed by atoms with Gasteiger partial charge in [-0.3, -0.25) is 4.79 Å². The van der Waals surface area contributed by atoms with Crippen molar-refractivity contribution < 1.29 is 9.18 Å². The Bertz CT molecular complexity index is 1070. The van der Waals surface area contributed by atoms with E-state index in [-0.39, 0.29) is 5.91 Å². The summed E-state index contributed by atoms with van der Waals surface area (Å²) >= 11 is 1.45. The number of fused-ring (bicyclic) bond motifs is 2. The van der Waals surface area contributed by atoms with Gasteiger partial charge in [-0.05, 0) is 42.5 Å². The number of carbonyl (C=O) groups is 1. The number of anilines is 1. The summed E-state index contributed by atoms with van der Waals surface area (Å²) in [6, 6.07) is 4.00. The maximum absolute atomic E-state index is 14.2. The first kappa shape index (κ1) is 18.7. The van der Waals surface area contributed by atoms with Gasteiger partial charge in [0, 0.05) is 24.9 Å². The van der Waals surface area contributed by atoms with Crippen LogP contribution in [0.3, 0.4) is 0 Å². The number of hydrogen-bond donors (Lipinski definition) is 2. The Morgan fingerprint density at radius 1 is 1.43 bits per heavy atom. The smallest absolute Gasteiger partial charge is 0.216 e. The number of hydrogen-bond acceptors (Lipinski definition) is 6. The molecular weight excluding hydrogens is 379 g/mol. The zero-order valence-corrected chi connectivity index (χ0v) is 16.5. The molecule has 1 amide bonds. The van der Waals surface area contributed by atoms with Crippen LogP contribution < -0.4 is 11.1 Å². The summed E-state index contributed by atoms with van der Waals surface area (Å²) in [5.74, 6) is 0.204. The predicted octanol–water partition coefficient (Wildman–Crippen LogP) is 2.96. The van der Waals surface area contributed by atoms with Crippen LogP contribution in [0.4, 0.5) is 10.2 Å². The maximum Gasteiger partial charge on any atom is 0.216 e. The molecule has 28 heavy (non-hydrogen) atoms. The molecule has 0 aliphatic heterocycles. The number of halogens is 1. The predicted molar refractivity (Wildman–Crippen MR) is 106 cm³/mol. The van der Waals surface area contributed by atoms with E-state index in [0.717, 1.165) is 28.0 Å². The van der Waals surface area contributed by atoms with Gasteiger partial charge >= 0.3 is 0 Å². The third-order valence-corrected chi connectivity index (χ3v) is 6.03. The van der Waals surface area contributed by atoms with Crippen molar-refractivity contribution in [2.24, 2.45) is 0 Å². The van der Waals surface area contributed by atoms with Gasteiger partial charge in [-0.25, -0.2) is 19.3 Å². The molecule has 1 aliphatic carbocycles. The fourth-order valence-electron chi connectivity index (χ4n) is 3.47. The molecule has 4 rings (SSSR count). The number of carbonyl (C=O) groups excluding carboxylic acids is 1. The number of nitrogen functional groups attached to an aromatic ring is 1. The van der Waals surface area contributed by atoms with E-state index in [9.17, 15) is 9.18 Å². The van der Waals surface area contributed by atoms with Gasteiger partial charge in [0.1, 0.15) is 12.5 Å². The SMILES string of the molecule is CC(=O)NCCn1c(Sc2cc3c(cc2C)CCC3F)nc2c(N)ncnc21. The molecule has 0 fully saturated rings. The van der Waals surface area contributed by atoms with E-state index in [2.05, 4.69) is 26.3 Å². The summed E-state index contributed by atoms with van der Waals surface area (Å²) in [7, 11) is 0. The molecule has 0 bridgehead atoms. The van der Waals surface area contributed by atoms with Gasteiger partial charge in [-0.15, -0.1) is 0 Å². The van der Waals surface area contributed by atoms with Crippen LogP contribution in [-0.4, -0.2) is 32.0 Å². The topological polar surface area (TPSA) is 98.7 Å². The largest absolute Gasteiger partial charge is 0.382 e. The molecule has 9 heteroatoms. The van der Waals surface area contributed by atoms with Gasteiger partial charge in [0.2, 0.25) is 5.91 Å². The summed E-state index contributed by atoms with van der Waals surface area (Å²) in [6.07, 6.45) is 1.82. The van der Waals surface area contributed by atoms with E-state index in [1.165, 1.54) is 25.0 Å². The normalized spacial score (nSPS) is 15.8. The number of nitrogens with one attached hydrogen (secondary N) is 1. The Labute approximate surface area is 166 Å². The molecule has 7 nitrogen and oxygen atoms in total. The van der Waals surface area contributed by atoms with E-state index in [4.69, 9.17) is 5.73 Å². The quantitative estimate of drug-likeness (QED) is 0.683. The van der Waals surface area contributed by atoms with Gasteiger partial charge in [0.25, 0.3) is 0 Å². The first-order valence-electron chi connectivity index (χ1n) is 9.10. The van der Waals surface area contributed by atoms with Gasteiger partial charge in [-0.2, -0.15) is 0 Å². The number of benzene rings is 1. The van der Waals surface area contributed by atoms with Crippen LogP contribution in [0, 0.1) is 6.92 Å². The van der Waals surface area contributed by atoms with E-state index >= 15 is 0 Å². The Morgan fingerprint density at radius 3 is 3.04 bits per heavy atom. The zero-order chi connectivity index (χ0) is 19.8. The van der Waals surface area contributed by atoms with E-state index in [1.54, 1.807) is 0 Å². The highest BCUT2D eigenvalue weighted by atomic mass is 32.2. The second-order valence-corrected chi connectivity index (χ2v) is 7.89. The Kier molecular flexibility index (Phi) is 4.92. The van der Waals surface area contributed by atoms with E-state index in [1.807, 2.05) is 17.6 Å². The van der Waals surface area contributed by atoms with Crippen LogP contribution >= 0.6 is 11.8 Å². The monoisotopic (exact) mass is 400 g/mol. The molecule has 1 aliphatic rings. The highest BCUT2D eigenvalue weighted by Crippen LogP contribution is 2.40. The average Bonchev–Trinajstić information content (AvgIpc) is 3.17. The van der Waals surface area contributed by atoms with Crippen molar-refractivity contribution in [3.63, 3.8) is 0 Å². The van der Waals surface area contributed by atoms with Gasteiger partial charge < -0.3 is 15.6 Å². The second kappa shape index (κ2) is 7.38. The number of imidazole rings is 1. The third-order valence-electron chi connectivity index (χ3n) is 4.88. The first-order valence-corrected chi connectivity index (χ1v) is 9.92. The Balaban J connectivity index is 1.73. The van der Waals surface area contributed by atoms with Crippen LogP contribution in [0.5, 0.6) is 0 Å². The lowest BCUT2D eigenvalue weighted by Crippen LogP contribution is -2.24. The fraction of sp³-hybridized carbons (Fsp3) is 0.368. The molecule has 0 saturated carbocycles. The van der Waals surface area contributed by atoms with Crippen molar-refractivity contribution >= 4 is 34.7 Å². The summed E-state index contributed by atoms with van der Waals surface area (Å²) in [5, 5.41) is 3.47. The number of rotatable bonds is 5. The lowest BCUT2D eigenvalue weighted by molar-refractivity contribution is -0.118. The Hall–Kier alpha value is -2.68. The average molecular weight is 400 g/mol. The highest BCUT2D eigenvalue weighted by molar-refractivity contribution is 7.99. The molecule has 3 aromatic rings.